The molecule has 1 fully saturated rings. The SMILES string of the molecule is O=C(O)c1ccc(F)c(CN2CCCC(O)C2)c1. The lowest BCUT2D eigenvalue weighted by Crippen LogP contribution is -2.37. The number of halogens is 1. The summed E-state index contributed by atoms with van der Waals surface area (Å²) in [6, 6.07) is 3.80. The fraction of sp³-hybridized carbons (Fsp3) is 0.462. The summed E-state index contributed by atoms with van der Waals surface area (Å²) in [7, 11) is 0. The van der Waals surface area contributed by atoms with E-state index in [0.717, 1.165) is 19.4 Å². The third kappa shape index (κ3) is 3.05. The van der Waals surface area contributed by atoms with Crippen molar-refractivity contribution in [2.75, 3.05) is 13.1 Å². The molecule has 0 amide bonds. The number of nitrogens with zero attached hydrogens (tertiary/aromatic N) is 1. The molecule has 98 valence electrons. The average molecular weight is 253 g/mol. The second-order valence-corrected chi connectivity index (χ2v) is 4.64. The van der Waals surface area contributed by atoms with Gasteiger partial charge in [-0.15, -0.1) is 0 Å². The Hall–Kier alpha value is -1.46. The van der Waals surface area contributed by atoms with Crippen LogP contribution in [0.2, 0.25) is 0 Å². The van der Waals surface area contributed by atoms with E-state index < -0.39 is 11.8 Å². The molecular formula is C13H16FNO3. The molecule has 0 saturated carbocycles. The van der Waals surface area contributed by atoms with Crippen LogP contribution >= 0.6 is 0 Å². The van der Waals surface area contributed by atoms with Gasteiger partial charge in [-0.25, -0.2) is 9.18 Å². The first-order valence-corrected chi connectivity index (χ1v) is 5.98. The lowest BCUT2D eigenvalue weighted by atomic mass is 10.1. The van der Waals surface area contributed by atoms with Crippen LogP contribution in [-0.2, 0) is 6.54 Å². The number of likely N-dealkylation sites (tertiary alicyclic amines) is 1. The molecule has 1 aliphatic heterocycles. The number of aliphatic hydroxyl groups is 1. The minimum atomic E-state index is -1.06. The smallest absolute Gasteiger partial charge is 0.335 e. The van der Waals surface area contributed by atoms with Gasteiger partial charge in [0.25, 0.3) is 0 Å². The van der Waals surface area contributed by atoms with Crippen molar-refractivity contribution in [3.8, 4) is 0 Å². The summed E-state index contributed by atoms with van der Waals surface area (Å²) in [4.78, 5) is 12.8. The van der Waals surface area contributed by atoms with Crippen molar-refractivity contribution < 1.29 is 19.4 Å². The van der Waals surface area contributed by atoms with E-state index in [9.17, 15) is 14.3 Å². The molecule has 1 aromatic carbocycles. The average Bonchev–Trinajstić information content (AvgIpc) is 2.31. The first-order chi connectivity index (χ1) is 8.56. The molecule has 2 N–H and O–H groups in total. The Bertz CT molecular complexity index is 450. The van der Waals surface area contributed by atoms with E-state index in [1.807, 2.05) is 4.90 Å². The highest BCUT2D eigenvalue weighted by Crippen LogP contribution is 2.17. The van der Waals surface area contributed by atoms with Crippen molar-refractivity contribution in [3.63, 3.8) is 0 Å². The van der Waals surface area contributed by atoms with Crippen molar-refractivity contribution in [1.29, 1.82) is 0 Å². The zero-order chi connectivity index (χ0) is 13.1. The number of hydrogen-bond donors (Lipinski definition) is 2. The van der Waals surface area contributed by atoms with E-state index in [1.165, 1.54) is 18.2 Å². The number of carboxylic acid groups (broad SMARTS) is 1. The molecule has 0 aliphatic carbocycles. The molecule has 18 heavy (non-hydrogen) atoms. The molecule has 0 radical (unpaired) electrons. The molecule has 0 spiro atoms. The van der Waals surface area contributed by atoms with Gasteiger partial charge in [0.05, 0.1) is 11.7 Å². The van der Waals surface area contributed by atoms with Gasteiger partial charge in [-0.05, 0) is 37.6 Å². The van der Waals surface area contributed by atoms with Crippen LogP contribution in [0.15, 0.2) is 18.2 Å². The molecule has 5 heteroatoms. The number of rotatable bonds is 3. The zero-order valence-electron chi connectivity index (χ0n) is 9.97. The van der Waals surface area contributed by atoms with Crippen molar-refractivity contribution in [3.05, 3.63) is 35.1 Å². The van der Waals surface area contributed by atoms with Crippen LogP contribution in [0.3, 0.4) is 0 Å². The van der Waals surface area contributed by atoms with Crippen molar-refractivity contribution in [1.82, 2.24) is 4.90 Å². The Labute approximate surface area is 105 Å². The maximum absolute atomic E-state index is 13.6. The number of carboxylic acids is 1. The van der Waals surface area contributed by atoms with Gasteiger partial charge in [0.1, 0.15) is 5.82 Å². The van der Waals surface area contributed by atoms with E-state index in [-0.39, 0.29) is 11.7 Å². The maximum atomic E-state index is 13.6. The quantitative estimate of drug-likeness (QED) is 0.856. The van der Waals surface area contributed by atoms with E-state index in [4.69, 9.17) is 5.11 Å². The summed E-state index contributed by atoms with van der Waals surface area (Å²) in [5.41, 5.74) is 0.452. The predicted molar refractivity (Wildman–Crippen MR) is 63.9 cm³/mol. The fourth-order valence-electron chi connectivity index (χ4n) is 2.24. The van der Waals surface area contributed by atoms with Gasteiger partial charge in [0, 0.05) is 18.7 Å². The number of aliphatic hydroxyl groups excluding tert-OH is 1. The molecular weight excluding hydrogens is 237 g/mol. The minimum Gasteiger partial charge on any atom is -0.478 e. The van der Waals surface area contributed by atoms with E-state index in [0.29, 0.717) is 18.7 Å². The molecule has 0 aromatic heterocycles. The number of carbonyl (C=O) groups is 1. The Balaban J connectivity index is 2.12. The van der Waals surface area contributed by atoms with Crippen LogP contribution < -0.4 is 0 Å². The molecule has 1 atom stereocenters. The van der Waals surface area contributed by atoms with Gasteiger partial charge in [-0.1, -0.05) is 0 Å². The van der Waals surface area contributed by atoms with Crippen LogP contribution in [0.1, 0.15) is 28.8 Å². The summed E-state index contributed by atoms with van der Waals surface area (Å²) < 4.78 is 13.6. The van der Waals surface area contributed by atoms with Crippen LogP contribution in [0, 0.1) is 5.82 Å². The van der Waals surface area contributed by atoms with Crippen molar-refractivity contribution in [2.45, 2.75) is 25.5 Å². The predicted octanol–water partition coefficient (Wildman–Crippen LogP) is 1.48. The Morgan fingerprint density at radius 1 is 1.50 bits per heavy atom. The maximum Gasteiger partial charge on any atom is 0.335 e. The number of benzene rings is 1. The molecule has 4 nitrogen and oxygen atoms in total. The zero-order valence-corrected chi connectivity index (χ0v) is 9.97. The summed E-state index contributed by atoms with van der Waals surface area (Å²) in [5, 5.41) is 18.4. The highest BCUT2D eigenvalue weighted by Gasteiger charge is 2.19. The van der Waals surface area contributed by atoms with Gasteiger partial charge in [-0.2, -0.15) is 0 Å². The fourth-order valence-corrected chi connectivity index (χ4v) is 2.24. The second-order valence-electron chi connectivity index (χ2n) is 4.64. The topological polar surface area (TPSA) is 60.8 Å². The first kappa shape index (κ1) is 13.0. The molecule has 1 aliphatic rings. The van der Waals surface area contributed by atoms with E-state index in [2.05, 4.69) is 0 Å². The summed E-state index contributed by atoms with van der Waals surface area (Å²) >= 11 is 0. The van der Waals surface area contributed by atoms with Gasteiger partial charge < -0.3 is 10.2 Å². The van der Waals surface area contributed by atoms with Gasteiger partial charge in [0.2, 0.25) is 0 Å². The second kappa shape index (κ2) is 5.46. The third-order valence-electron chi connectivity index (χ3n) is 3.17. The Kier molecular flexibility index (Phi) is 3.93. The number of hydrogen-bond acceptors (Lipinski definition) is 3. The molecule has 1 heterocycles. The molecule has 1 unspecified atom stereocenters. The highest BCUT2D eigenvalue weighted by molar-refractivity contribution is 5.87. The largest absolute Gasteiger partial charge is 0.478 e. The van der Waals surface area contributed by atoms with Crippen LogP contribution in [0.25, 0.3) is 0 Å². The van der Waals surface area contributed by atoms with E-state index in [1.54, 1.807) is 0 Å². The monoisotopic (exact) mass is 253 g/mol. The molecule has 1 saturated heterocycles. The van der Waals surface area contributed by atoms with Gasteiger partial charge in [0.15, 0.2) is 0 Å². The molecule has 1 aromatic rings. The highest BCUT2D eigenvalue weighted by atomic mass is 19.1. The first-order valence-electron chi connectivity index (χ1n) is 5.98. The van der Waals surface area contributed by atoms with Crippen LogP contribution in [0.4, 0.5) is 4.39 Å². The molecule has 0 bridgehead atoms. The number of aromatic carboxylic acids is 1. The normalized spacial score (nSPS) is 20.9. The number of β-amino-alcohol motifs (C(OH)–C–C–N with tert-alkyl or cyclic N) is 1. The van der Waals surface area contributed by atoms with Crippen LogP contribution in [0.5, 0.6) is 0 Å². The van der Waals surface area contributed by atoms with Crippen molar-refractivity contribution in [2.24, 2.45) is 0 Å². The third-order valence-corrected chi connectivity index (χ3v) is 3.17. The summed E-state index contributed by atoms with van der Waals surface area (Å²) in [5.74, 6) is -1.46. The molecule has 2 rings (SSSR count). The van der Waals surface area contributed by atoms with Gasteiger partial charge in [-0.3, -0.25) is 4.90 Å². The summed E-state index contributed by atoms with van der Waals surface area (Å²) in [6.07, 6.45) is 1.28. The lowest BCUT2D eigenvalue weighted by Gasteiger charge is -2.30. The minimum absolute atomic E-state index is 0.0870. The Morgan fingerprint density at radius 3 is 2.94 bits per heavy atom. The summed E-state index contributed by atoms with van der Waals surface area (Å²) in [6.45, 7) is 1.65. The van der Waals surface area contributed by atoms with E-state index >= 15 is 0 Å². The van der Waals surface area contributed by atoms with Crippen molar-refractivity contribution >= 4 is 5.97 Å². The Morgan fingerprint density at radius 2 is 2.28 bits per heavy atom. The standard InChI is InChI=1S/C13H16FNO3/c14-12-4-3-9(13(17)18)6-10(12)7-15-5-1-2-11(16)8-15/h3-4,6,11,16H,1-2,5,7-8H2,(H,17,18). The number of piperidine rings is 1. The van der Waals surface area contributed by atoms with Crippen LogP contribution in [-0.4, -0.2) is 40.3 Å². The lowest BCUT2D eigenvalue weighted by molar-refractivity contribution is 0.0657. The van der Waals surface area contributed by atoms with Gasteiger partial charge >= 0.3 is 5.97 Å².